The minimum absolute atomic E-state index is 0.0189. The van der Waals surface area contributed by atoms with Crippen LogP contribution < -0.4 is 10.6 Å². The lowest BCUT2D eigenvalue weighted by Gasteiger charge is -2.14. The molecule has 1 aliphatic heterocycles. The van der Waals surface area contributed by atoms with Crippen LogP contribution in [-0.2, 0) is 0 Å². The number of nitriles is 2. The van der Waals surface area contributed by atoms with Gasteiger partial charge in [0, 0.05) is 5.57 Å². The Morgan fingerprint density at radius 2 is 1.70 bits per heavy atom. The number of nitrogens with zero attached hydrogens (tertiary/aromatic N) is 2. The molecule has 4 nitrogen and oxygen atoms in total. The van der Waals surface area contributed by atoms with Gasteiger partial charge in [-0.05, 0) is 59.9 Å². The van der Waals surface area contributed by atoms with Gasteiger partial charge < -0.3 is 10.6 Å². The summed E-state index contributed by atoms with van der Waals surface area (Å²) >= 11 is 0. The van der Waals surface area contributed by atoms with Gasteiger partial charge in [-0.3, -0.25) is 0 Å². The molecule has 0 saturated carbocycles. The van der Waals surface area contributed by atoms with E-state index in [-0.39, 0.29) is 6.17 Å². The van der Waals surface area contributed by atoms with E-state index in [2.05, 4.69) is 53.1 Å². The van der Waals surface area contributed by atoms with Crippen molar-refractivity contribution in [3.05, 3.63) is 88.5 Å². The van der Waals surface area contributed by atoms with Crippen LogP contribution in [0.5, 0.6) is 0 Å². The van der Waals surface area contributed by atoms with Crippen molar-refractivity contribution < 1.29 is 0 Å². The summed E-state index contributed by atoms with van der Waals surface area (Å²) < 4.78 is 0. The minimum Gasteiger partial charge on any atom is -0.360 e. The van der Waals surface area contributed by atoms with Crippen molar-refractivity contribution in [3.8, 4) is 12.1 Å². The van der Waals surface area contributed by atoms with Crippen LogP contribution in [-0.4, -0.2) is 0 Å². The second kappa shape index (κ2) is 6.86. The summed E-state index contributed by atoms with van der Waals surface area (Å²) in [6.07, 6.45) is 6.79. The van der Waals surface area contributed by atoms with Gasteiger partial charge in [-0.1, -0.05) is 36.4 Å². The Labute approximate surface area is 158 Å². The predicted molar refractivity (Wildman–Crippen MR) is 108 cm³/mol. The molecule has 1 unspecified atom stereocenters. The van der Waals surface area contributed by atoms with Crippen molar-refractivity contribution in [3.63, 3.8) is 0 Å². The molecule has 1 aliphatic carbocycles. The van der Waals surface area contributed by atoms with Crippen LogP contribution in [0.1, 0.15) is 36.2 Å². The zero-order valence-electron chi connectivity index (χ0n) is 15.0. The third-order valence-electron chi connectivity index (χ3n) is 4.89. The number of hydrogen-bond acceptors (Lipinski definition) is 4. The zero-order valence-corrected chi connectivity index (χ0v) is 15.0. The SMILES string of the molecule is CC1=CC(C#N)=CCC=C1c1ccc(C2Nc3ccc(C#N)cc3N2)cc1. The highest BCUT2D eigenvalue weighted by Gasteiger charge is 2.21. The molecule has 2 aliphatic rings. The predicted octanol–water partition coefficient (Wildman–Crippen LogP) is 5.28. The Bertz CT molecular complexity index is 1070. The average Bonchev–Trinajstić information content (AvgIpc) is 3.03. The van der Waals surface area contributed by atoms with Crippen LogP contribution in [0.15, 0.2) is 71.8 Å². The van der Waals surface area contributed by atoms with Crippen molar-refractivity contribution in [1.29, 1.82) is 10.5 Å². The number of fused-ring (bicyclic) bond motifs is 1. The molecule has 0 fully saturated rings. The van der Waals surface area contributed by atoms with E-state index in [1.165, 1.54) is 0 Å². The van der Waals surface area contributed by atoms with E-state index in [4.69, 9.17) is 10.5 Å². The van der Waals surface area contributed by atoms with Gasteiger partial charge in [0.1, 0.15) is 6.17 Å². The molecule has 0 saturated heterocycles. The number of nitrogens with one attached hydrogen (secondary N) is 2. The van der Waals surface area contributed by atoms with E-state index in [0.29, 0.717) is 11.1 Å². The maximum absolute atomic E-state index is 9.14. The van der Waals surface area contributed by atoms with Gasteiger partial charge in [-0.25, -0.2) is 0 Å². The maximum Gasteiger partial charge on any atom is 0.123 e. The molecule has 0 aromatic heterocycles. The summed E-state index contributed by atoms with van der Waals surface area (Å²) in [4.78, 5) is 0. The lowest BCUT2D eigenvalue weighted by molar-refractivity contribution is 0.941. The van der Waals surface area contributed by atoms with E-state index in [1.54, 1.807) is 0 Å². The molecule has 0 spiro atoms. The highest BCUT2D eigenvalue weighted by atomic mass is 15.2. The van der Waals surface area contributed by atoms with Crippen LogP contribution in [0, 0.1) is 22.7 Å². The largest absolute Gasteiger partial charge is 0.360 e. The third-order valence-corrected chi connectivity index (χ3v) is 4.89. The van der Waals surface area contributed by atoms with E-state index in [1.807, 2.05) is 37.3 Å². The zero-order chi connectivity index (χ0) is 18.8. The first kappa shape index (κ1) is 16.7. The molecule has 4 rings (SSSR count). The monoisotopic (exact) mass is 350 g/mol. The van der Waals surface area contributed by atoms with Gasteiger partial charge in [-0.2, -0.15) is 10.5 Å². The van der Waals surface area contributed by atoms with Crippen LogP contribution in [0.2, 0.25) is 0 Å². The Hall–Kier alpha value is -3.76. The van der Waals surface area contributed by atoms with Crippen molar-refractivity contribution in [2.45, 2.75) is 19.5 Å². The lowest BCUT2D eigenvalue weighted by atomic mass is 9.96. The van der Waals surface area contributed by atoms with E-state index < -0.39 is 0 Å². The first-order valence-electron chi connectivity index (χ1n) is 8.84. The molecule has 2 aromatic carbocycles. The molecular formula is C23H18N4. The Balaban J connectivity index is 1.55. The van der Waals surface area contributed by atoms with Gasteiger partial charge in [0.25, 0.3) is 0 Å². The molecule has 2 N–H and O–H groups in total. The average molecular weight is 350 g/mol. The molecular weight excluding hydrogens is 332 g/mol. The molecule has 0 amide bonds. The van der Waals surface area contributed by atoms with Crippen molar-refractivity contribution in [2.75, 3.05) is 10.6 Å². The summed E-state index contributed by atoms with van der Waals surface area (Å²) in [5.41, 5.74) is 7.84. The minimum atomic E-state index is -0.0189. The Kier molecular flexibility index (Phi) is 4.24. The molecule has 1 atom stereocenters. The molecule has 4 heteroatoms. The number of hydrogen-bond donors (Lipinski definition) is 2. The standard InChI is InChI=1S/C23H18N4/c1-15-11-16(13-24)3-2-4-20(15)18-6-8-19(9-7-18)23-26-21-10-5-17(14-25)12-22(21)27-23/h3-12,23,26-27H,2H2,1H3. The highest BCUT2D eigenvalue weighted by molar-refractivity contribution is 5.81. The summed E-state index contributed by atoms with van der Waals surface area (Å²) in [5, 5.41) is 25.1. The van der Waals surface area contributed by atoms with Crippen LogP contribution >= 0.6 is 0 Å². The van der Waals surface area contributed by atoms with Gasteiger partial charge >= 0.3 is 0 Å². The smallest absolute Gasteiger partial charge is 0.123 e. The first-order chi connectivity index (χ1) is 13.2. The van der Waals surface area contributed by atoms with E-state index in [9.17, 15) is 0 Å². The second-order valence-corrected chi connectivity index (χ2v) is 6.67. The van der Waals surface area contributed by atoms with Crippen LogP contribution in [0.4, 0.5) is 11.4 Å². The van der Waals surface area contributed by atoms with Gasteiger partial charge in [-0.15, -0.1) is 0 Å². The summed E-state index contributed by atoms with van der Waals surface area (Å²) in [6, 6.07) is 18.4. The van der Waals surface area contributed by atoms with Crippen LogP contribution in [0.3, 0.4) is 0 Å². The fourth-order valence-electron chi connectivity index (χ4n) is 3.49. The summed E-state index contributed by atoms with van der Waals surface area (Å²) in [7, 11) is 0. The fourth-order valence-corrected chi connectivity index (χ4v) is 3.49. The summed E-state index contributed by atoms with van der Waals surface area (Å²) in [6.45, 7) is 2.04. The quantitative estimate of drug-likeness (QED) is 0.773. The van der Waals surface area contributed by atoms with E-state index >= 15 is 0 Å². The fraction of sp³-hybridized carbons (Fsp3) is 0.130. The van der Waals surface area contributed by atoms with Crippen molar-refractivity contribution in [2.24, 2.45) is 0 Å². The molecule has 0 bridgehead atoms. The number of benzene rings is 2. The number of allylic oxidation sites excluding steroid dienone is 6. The van der Waals surface area contributed by atoms with Gasteiger partial charge in [0.05, 0.1) is 29.1 Å². The van der Waals surface area contributed by atoms with Crippen molar-refractivity contribution >= 4 is 16.9 Å². The third kappa shape index (κ3) is 3.21. The molecule has 1 heterocycles. The molecule has 27 heavy (non-hydrogen) atoms. The van der Waals surface area contributed by atoms with Crippen molar-refractivity contribution in [1.82, 2.24) is 0 Å². The van der Waals surface area contributed by atoms with Gasteiger partial charge in [0.15, 0.2) is 0 Å². The van der Waals surface area contributed by atoms with Gasteiger partial charge in [0.2, 0.25) is 0 Å². The normalized spacial score (nSPS) is 17.7. The van der Waals surface area contributed by atoms with Crippen LogP contribution in [0.25, 0.3) is 5.57 Å². The second-order valence-electron chi connectivity index (χ2n) is 6.67. The molecule has 130 valence electrons. The number of anilines is 2. The molecule has 2 aromatic rings. The highest BCUT2D eigenvalue weighted by Crippen LogP contribution is 2.36. The molecule has 0 radical (unpaired) electrons. The maximum atomic E-state index is 9.14. The Morgan fingerprint density at radius 3 is 2.44 bits per heavy atom. The Morgan fingerprint density at radius 1 is 0.926 bits per heavy atom. The van der Waals surface area contributed by atoms with E-state index in [0.717, 1.165) is 40.1 Å². The first-order valence-corrected chi connectivity index (χ1v) is 8.84. The number of rotatable bonds is 2. The summed E-state index contributed by atoms with van der Waals surface area (Å²) in [5.74, 6) is 0. The topological polar surface area (TPSA) is 71.6 Å². The lowest BCUT2D eigenvalue weighted by Crippen LogP contribution is -2.11.